The van der Waals surface area contributed by atoms with Crippen LogP contribution in [-0.2, 0) is 20.9 Å². The molecule has 2 aliphatic rings. The Morgan fingerprint density at radius 1 is 1.38 bits per heavy atom. The number of hydrogen-bond acceptors (Lipinski definition) is 6. The van der Waals surface area contributed by atoms with Crippen LogP contribution >= 0.6 is 0 Å². The topological polar surface area (TPSA) is 101 Å². The Bertz CT molecular complexity index is 964. The molecule has 2 fully saturated rings. The van der Waals surface area contributed by atoms with E-state index in [0.29, 0.717) is 32.7 Å². The minimum Gasteiger partial charge on any atom is -0.366 e. The number of aromatic nitrogens is 3. The van der Waals surface area contributed by atoms with Gasteiger partial charge in [-0.05, 0) is 45.2 Å². The van der Waals surface area contributed by atoms with Crippen LogP contribution in [-0.4, -0.2) is 69.9 Å². The number of ether oxygens (including phenoxy) is 1. The quantitative estimate of drug-likeness (QED) is 0.573. The molecule has 1 aliphatic heterocycles. The van der Waals surface area contributed by atoms with Crippen LogP contribution in [0, 0.1) is 6.92 Å². The molecule has 174 valence electrons. The van der Waals surface area contributed by atoms with E-state index in [9.17, 15) is 9.59 Å². The molecule has 2 atom stereocenters. The van der Waals surface area contributed by atoms with Crippen molar-refractivity contribution in [1.29, 1.82) is 0 Å². The highest BCUT2D eigenvalue weighted by molar-refractivity contribution is 5.84. The minimum absolute atomic E-state index is 0.0391. The first kappa shape index (κ1) is 22.7. The number of fused-ring (bicyclic) bond motifs is 1. The maximum Gasteiger partial charge on any atom is 0.253 e. The van der Waals surface area contributed by atoms with Crippen molar-refractivity contribution in [1.82, 2.24) is 30.3 Å². The highest BCUT2D eigenvalue weighted by Gasteiger charge is 2.41. The Balaban J connectivity index is 1.57. The summed E-state index contributed by atoms with van der Waals surface area (Å²) in [5.41, 5.74) is 2.62. The number of hydrogen-bond donors (Lipinski definition) is 2. The molecule has 9 heteroatoms. The van der Waals surface area contributed by atoms with E-state index in [0.717, 1.165) is 48.2 Å². The van der Waals surface area contributed by atoms with E-state index < -0.39 is 6.10 Å². The first-order valence-electron chi connectivity index (χ1n) is 11.7. The summed E-state index contributed by atoms with van der Waals surface area (Å²) in [5.74, 6) is 0.0915. The summed E-state index contributed by atoms with van der Waals surface area (Å²) in [6.45, 7) is 9.00. The van der Waals surface area contributed by atoms with Crippen molar-refractivity contribution >= 4 is 22.8 Å². The third kappa shape index (κ3) is 4.94. The van der Waals surface area contributed by atoms with Gasteiger partial charge in [0.15, 0.2) is 5.65 Å². The fourth-order valence-electron chi connectivity index (χ4n) is 4.28. The molecule has 1 saturated carbocycles. The lowest BCUT2D eigenvalue weighted by molar-refractivity contribution is -0.148. The summed E-state index contributed by atoms with van der Waals surface area (Å²) in [4.78, 5) is 31.6. The number of pyridine rings is 1. The summed E-state index contributed by atoms with van der Waals surface area (Å²) in [6.07, 6.45) is 2.84. The summed E-state index contributed by atoms with van der Waals surface area (Å²) in [6, 6.07) is 4.11. The monoisotopic (exact) mass is 442 g/mol. The summed E-state index contributed by atoms with van der Waals surface area (Å²) < 4.78 is 7.68. The number of carbonyl (C=O) groups excluding carboxylic acids is 2. The van der Waals surface area contributed by atoms with E-state index in [1.54, 1.807) is 0 Å². The third-order valence-corrected chi connectivity index (χ3v) is 6.16. The van der Waals surface area contributed by atoms with Gasteiger partial charge >= 0.3 is 0 Å². The number of amides is 2. The molecule has 2 unspecified atom stereocenters. The minimum atomic E-state index is -0.442. The maximum atomic E-state index is 13.4. The smallest absolute Gasteiger partial charge is 0.253 e. The average Bonchev–Trinajstić information content (AvgIpc) is 3.58. The van der Waals surface area contributed by atoms with E-state index in [2.05, 4.69) is 23.6 Å². The Kier molecular flexibility index (Phi) is 7.05. The van der Waals surface area contributed by atoms with Crippen molar-refractivity contribution < 1.29 is 14.3 Å². The summed E-state index contributed by atoms with van der Waals surface area (Å²) in [5, 5.41) is 12.1. The van der Waals surface area contributed by atoms with Crippen LogP contribution < -0.4 is 10.6 Å². The van der Waals surface area contributed by atoms with Gasteiger partial charge in [0, 0.05) is 49.7 Å². The fourth-order valence-corrected chi connectivity index (χ4v) is 4.28. The van der Waals surface area contributed by atoms with E-state index in [1.165, 1.54) is 0 Å². The van der Waals surface area contributed by atoms with Gasteiger partial charge in [0.05, 0.1) is 18.3 Å². The normalized spacial score (nSPS) is 19.7. The Morgan fingerprint density at radius 2 is 2.19 bits per heavy atom. The van der Waals surface area contributed by atoms with Gasteiger partial charge in [-0.3, -0.25) is 9.59 Å². The van der Waals surface area contributed by atoms with Crippen LogP contribution in [0.15, 0.2) is 12.1 Å². The van der Waals surface area contributed by atoms with Gasteiger partial charge in [-0.25, -0.2) is 9.67 Å². The lowest BCUT2D eigenvalue weighted by atomic mass is 10.1. The molecule has 32 heavy (non-hydrogen) atoms. The van der Waals surface area contributed by atoms with Gasteiger partial charge in [0.2, 0.25) is 5.91 Å². The van der Waals surface area contributed by atoms with Crippen molar-refractivity contribution in [2.75, 3.05) is 26.2 Å². The second-order valence-corrected chi connectivity index (χ2v) is 8.71. The number of morpholine rings is 1. The SMILES string of the molecule is CCC(=O)NCCCn1nc(C(C)N(C(=O)C2CNCCO2)C2CC2)c2ccc(C)nc21. The number of aryl methyl sites for hydroxylation is 2. The zero-order chi connectivity index (χ0) is 22.7. The summed E-state index contributed by atoms with van der Waals surface area (Å²) >= 11 is 0. The summed E-state index contributed by atoms with van der Waals surface area (Å²) in [7, 11) is 0. The van der Waals surface area contributed by atoms with Gasteiger partial charge in [-0.2, -0.15) is 5.10 Å². The van der Waals surface area contributed by atoms with E-state index in [4.69, 9.17) is 14.8 Å². The Morgan fingerprint density at radius 3 is 2.88 bits per heavy atom. The molecule has 1 aliphatic carbocycles. The van der Waals surface area contributed by atoms with Crippen molar-refractivity contribution in [3.05, 3.63) is 23.5 Å². The van der Waals surface area contributed by atoms with Crippen LogP contribution in [0.4, 0.5) is 0 Å². The lowest BCUT2D eigenvalue weighted by Gasteiger charge is -2.33. The molecule has 0 aromatic carbocycles. The first-order valence-corrected chi connectivity index (χ1v) is 11.7. The predicted octanol–water partition coefficient (Wildman–Crippen LogP) is 1.70. The molecular formula is C23H34N6O3. The fraction of sp³-hybridized carbons (Fsp3) is 0.652. The lowest BCUT2D eigenvalue weighted by Crippen LogP contribution is -2.50. The van der Waals surface area contributed by atoms with Gasteiger partial charge in [-0.15, -0.1) is 0 Å². The van der Waals surface area contributed by atoms with Gasteiger partial charge in [0.25, 0.3) is 5.91 Å². The maximum absolute atomic E-state index is 13.4. The molecule has 2 amide bonds. The predicted molar refractivity (Wildman–Crippen MR) is 121 cm³/mol. The van der Waals surface area contributed by atoms with E-state index >= 15 is 0 Å². The number of rotatable bonds is 9. The zero-order valence-electron chi connectivity index (χ0n) is 19.3. The molecule has 0 spiro atoms. The van der Waals surface area contributed by atoms with E-state index in [1.807, 2.05) is 29.5 Å². The molecule has 0 radical (unpaired) electrons. The second-order valence-electron chi connectivity index (χ2n) is 8.71. The zero-order valence-corrected chi connectivity index (χ0v) is 19.3. The second kappa shape index (κ2) is 9.95. The molecule has 9 nitrogen and oxygen atoms in total. The van der Waals surface area contributed by atoms with Crippen LogP contribution in [0.1, 0.15) is 57.0 Å². The Hall–Kier alpha value is -2.52. The van der Waals surface area contributed by atoms with Crippen molar-refractivity contribution in [2.45, 2.75) is 71.2 Å². The third-order valence-electron chi connectivity index (χ3n) is 6.16. The van der Waals surface area contributed by atoms with Crippen LogP contribution in [0.25, 0.3) is 11.0 Å². The van der Waals surface area contributed by atoms with E-state index in [-0.39, 0.29) is 23.9 Å². The molecule has 2 aromatic rings. The van der Waals surface area contributed by atoms with Crippen molar-refractivity contribution in [2.24, 2.45) is 0 Å². The van der Waals surface area contributed by atoms with Gasteiger partial charge in [0.1, 0.15) is 6.10 Å². The first-order chi connectivity index (χ1) is 15.5. The van der Waals surface area contributed by atoms with Gasteiger partial charge < -0.3 is 20.3 Å². The average molecular weight is 443 g/mol. The molecule has 0 bridgehead atoms. The molecule has 1 saturated heterocycles. The molecular weight excluding hydrogens is 408 g/mol. The molecule has 2 aromatic heterocycles. The number of nitrogens with zero attached hydrogens (tertiary/aromatic N) is 4. The van der Waals surface area contributed by atoms with Crippen LogP contribution in [0.2, 0.25) is 0 Å². The molecule has 2 N–H and O–H groups in total. The van der Waals surface area contributed by atoms with Crippen LogP contribution in [0.3, 0.4) is 0 Å². The Labute approximate surface area is 188 Å². The largest absolute Gasteiger partial charge is 0.366 e. The van der Waals surface area contributed by atoms with Crippen LogP contribution in [0.5, 0.6) is 0 Å². The van der Waals surface area contributed by atoms with Gasteiger partial charge in [-0.1, -0.05) is 6.92 Å². The number of nitrogens with one attached hydrogen (secondary N) is 2. The molecule has 3 heterocycles. The molecule has 4 rings (SSSR count). The standard InChI is InChI=1S/C23H34N6O3/c1-4-20(30)25-10-5-12-28-22-18(9-6-15(2)26-22)21(27-28)16(3)29(17-7-8-17)23(31)19-14-24-11-13-32-19/h6,9,16-17,19,24H,4-5,7-8,10-14H2,1-3H3,(H,25,30). The highest BCUT2D eigenvalue weighted by atomic mass is 16.5. The highest BCUT2D eigenvalue weighted by Crippen LogP contribution is 2.37. The van der Waals surface area contributed by atoms with Crippen molar-refractivity contribution in [3.8, 4) is 0 Å². The number of carbonyl (C=O) groups is 2. The van der Waals surface area contributed by atoms with Crippen molar-refractivity contribution in [3.63, 3.8) is 0 Å².